The average Bonchev–Trinajstić information content (AvgIpc) is 3.42. The van der Waals surface area contributed by atoms with Crippen molar-refractivity contribution in [1.29, 1.82) is 0 Å². The number of hydrogen-bond donors (Lipinski definition) is 5. The third-order valence-electron chi connectivity index (χ3n) is 7.13. The summed E-state index contributed by atoms with van der Waals surface area (Å²) in [5.41, 5.74) is 1.14. The van der Waals surface area contributed by atoms with Crippen molar-refractivity contribution in [1.82, 2.24) is 15.4 Å². The number of thioether (sulfide) groups is 1. The molecule has 3 saturated heterocycles. The number of carbonyl (C=O) groups is 4. The molecule has 15 heteroatoms. The lowest BCUT2D eigenvalue weighted by Gasteiger charge is -2.44. The van der Waals surface area contributed by atoms with Crippen molar-refractivity contribution in [3.8, 4) is 11.3 Å². The van der Waals surface area contributed by atoms with Gasteiger partial charge in [-0.25, -0.2) is 9.59 Å². The van der Waals surface area contributed by atoms with Gasteiger partial charge in [-0.3, -0.25) is 9.59 Å². The van der Waals surface area contributed by atoms with E-state index in [0.29, 0.717) is 11.3 Å². The highest BCUT2D eigenvalue weighted by molar-refractivity contribution is 8.01. The van der Waals surface area contributed by atoms with E-state index in [-0.39, 0.29) is 11.3 Å². The van der Waals surface area contributed by atoms with Crippen LogP contribution in [-0.4, -0.2) is 107 Å². The Morgan fingerprint density at radius 3 is 2.42 bits per heavy atom. The van der Waals surface area contributed by atoms with Gasteiger partial charge in [-0.1, -0.05) is 35.5 Å². The van der Waals surface area contributed by atoms with E-state index in [1.807, 2.05) is 6.07 Å². The fourth-order valence-electron chi connectivity index (χ4n) is 5.10. The first kappa shape index (κ1) is 28.0. The van der Waals surface area contributed by atoms with Crippen molar-refractivity contribution in [3.05, 3.63) is 41.7 Å². The zero-order chi connectivity index (χ0) is 29.1. The standard InChI is InChI=1S/C25H27N3O11S/c1-9-11(12(27-39-9)10-7-5-4-6-8-10)19(32)26-13-20(33)28-18(25(2,3)40-21(13)28)23(36)38-24-16(31)14(29)15(30)17(37-24)22(34)35/h4-8,13-18,21,24,29-31H,1-3H3,(H,26,32)(H,34,35)/t13-,14?,15?,16?,17?,18+,21-,24?/m1/s1. The molecule has 3 aliphatic rings. The Kier molecular flexibility index (Phi) is 7.12. The number of fused-ring (bicyclic) bond motifs is 1. The van der Waals surface area contributed by atoms with Gasteiger partial charge in [0, 0.05) is 10.3 Å². The monoisotopic (exact) mass is 577 g/mol. The van der Waals surface area contributed by atoms with Gasteiger partial charge in [-0.2, -0.15) is 0 Å². The number of aryl methyl sites for hydroxylation is 1. The smallest absolute Gasteiger partial charge is 0.335 e. The number of benzene rings is 1. The summed E-state index contributed by atoms with van der Waals surface area (Å²) in [5.74, 6) is -3.52. The topological polar surface area (TPSA) is 209 Å². The summed E-state index contributed by atoms with van der Waals surface area (Å²) in [6.45, 7) is 4.94. The van der Waals surface area contributed by atoms with Crippen molar-refractivity contribution in [3.63, 3.8) is 0 Å². The van der Waals surface area contributed by atoms with Crippen LogP contribution in [0, 0.1) is 6.92 Å². The summed E-state index contributed by atoms with van der Waals surface area (Å²) in [6, 6.07) is 6.75. The normalized spacial score (nSPS) is 32.6. The number of nitrogens with zero attached hydrogens (tertiary/aromatic N) is 2. The minimum absolute atomic E-state index is 0.174. The quantitative estimate of drug-likeness (QED) is 0.212. The number of amides is 2. The lowest BCUT2D eigenvalue weighted by Crippen LogP contribution is -2.71. The van der Waals surface area contributed by atoms with Crippen LogP contribution < -0.4 is 5.32 Å². The number of aliphatic hydroxyl groups is 3. The zero-order valence-corrected chi connectivity index (χ0v) is 22.3. The van der Waals surface area contributed by atoms with Gasteiger partial charge in [-0.15, -0.1) is 11.8 Å². The number of β-lactam (4-membered cyclic amide) rings is 1. The molecular formula is C25H27N3O11S. The molecule has 0 saturated carbocycles. The van der Waals surface area contributed by atoms with E-state index in [4.69, 9.17) is 14.0 Å². The molecule has 2 amide bonds. The predicted molar refractivity (Wildman–Crippen MR) is 134 cm³/mol. The number of ether oxygens (including phenoxy) is 2. The second kappa shape index (κ2) is 10.2. The first-order valence-corrected chi connectivity index (χ1v) is 13.2. The SMILES string of the molecule is Cc1onc(-c2ccccc2)c1C(=O)N[C@@H]1C(=O)N2[C@@H]1SC(C)(C)[C@@H]2C(=O)OC1OC(C(=O)O)C(O)C(O)C1O. The van der Waals surface area contributed by atoms with Crippen LogP contribution in [0.1, 0.15) is 30.0 Å². The molecule has 5 unspecified atom stereocenters. The molecule has 40 heavy (non-hydrogen) atoms. The van der Waals surface area contributed by atoms with Crippen LogP contribution in [0.2, 0.25) is 0 Å². The Labute approximate surface area is 231 Å². The average molecular weight is 578 g/mol. The first-order chi connectivity index (χ1) is 18.8. The number of nitrogens with one attached hydrogen (secondary N) is 1. The number of aliphatic hydroxyl groups excluding tert-OH is 3. The maximum absolute atomic E-state index is 13.3. The van der Waals surface area contributed by atoms with Crippen LogP contribution in [0.25, 0.3) is 11.3 Å². The third kappa shape index (κ3) is 4.53. The van der Waals surface area contributed by atoms with Crippen molar-refractivity contribution in [2.75, 3.05) is 0 Å². The molecule has 3 aliphatic heterocycles. The maximum Gasteiger partial charge on any atom is 0.335 e. The van der Waals surface area contributed by atoms with E-state index in [2.05, 4.69) is 10.5 Å². The van der Waals surface area contributed by atoms with Crippen molar-refractivity contribution < 1.29 is 53.6 Å². The molecule has 1 aromatic heterocycles. The Morgan fingerprint density at radius 1 is 1.10 bits per heavy atom. The minimum Gasteiger partial charge on any atom is -0.479 e. The second-order valence-corrected chi connectivity index (χ2v) is 12.0. The summed E-state index contributed by atoms with van der Waals surface area (Å²) in [4.78, 5) is 52.3. The molecule has 5 N–H and O–H groups in total. The van der Waals surface area contributed by atoms with E-state index in [9.17, 15) is 39.6 Å². The highest BCUT2D eigenvalue weighted by Crippen LogP contribution is 2.51. The number of carboxylic acid groups (broad SMARTS) is 1. The molecule has 214 valence electrons. The Morgan fingerprint density at radius 2 is 1.77 bits per heavy atom. The molecule has 1 aromatic carbocycles. The van der Waals surface area contributed by atoms with E-state index in [1.165, 1.54) is 16.7 Å². The fraction of sp³-hybridized carbons (Fsp3) is 0.480. The number of carboxylic acids is 1. The summed E-state index contributed by atoms with van der Waals surface area (Å²) in [5, 5.41) is 45.4. The zero-order valence-electron chi connectivity index (χ0n) is 21.5. The van der Waals surface area contributed by atoms with Gasteiger partial charge in [0.15, 0.2) is 6.10 Å². The number of aromatic nitrogens is 1. The Balaban J connectivity index is 1.31. The molecular weight excluding hydrogens is 550 g/mol. The molecule has 4 heterocycles. The van der Waals surface area contributed by atoms with Gasteiger partial charge in [0.25, 0.3) is 5.91 Å². The van der Waals surface area contributed by atoms with Gasteiger partial charge < -0.3 is 44.6 Å². The van der Waals surface area contributed by atoms with E-state index < -0.39 is 76.7 Å². The third-order valence-corrected chi connectivity index (χ3v) is 8.70. The van der Waals surface area contributed by atoms with Crippen LogP contribution >= 0.6 is 11.8 Å². The fourth-order valence-corrected chi connectivity index (χ4v) is 6.72. The molecule has 14 nitrogen and oxygen atoms in total. The maximum atomic E-state index is 13.3. The molecule has 0 spiro atoms. The lowest BCUT2D eigenvalue weighted by molar-refractivity contribution is -0.287. The van der Waals surface area contributed by atoms with E-state index in [0.717, 1.165) is 0 Å². The summed E-state index contributed by atoms with van der Waals surface area (Å²) < 4.78 is 14.6. The summed E-state index contributed by atoms with van der Waals surface area (Å²) in [6.07, 6.45) is -9.72. The predicted octanol–water partition coefficient (Wildman–Crippen LogP) is -0.754. The highest BCUT2D eigenvalue weighted by atomic mass is 32.2. The van der Waals surface area contributed by atoms with Crippen LogP contribution in [-0.2, 0) is 23.9 Å². The molecule has 3 fully saturated rings. The van der Waals surface area contributed by atoms with Gasteiger partial charge >= 0.3 is 11.9 Å². The van der Waals surface area contributed by atoms with Gasteiger partial charge in [-0.05, 0) is 20.8 Å². The van der Waals surface area contributed by atoms with E-state index >= 15 is 0 Å². The molecule has 0 radical (unpaired) electrons. The molecule has 5 rings (SSSR count). The second-order valence-electron chi connectivity index (χ2n) is 10.2. The molecule has 2 aromatic rings. The summed E-state index contributed by atoms with van der Waals surface area (Å²) in [7, 11) is 0. The first-order valence-electron chi connectivity index (χ1n) is 12.3. The van der Waals surface area contributed by atoms with Crippen molar-refractivity contribution >= 4 is 35.5 Å². The number of hydrogen-bond acceptors (Lipinski definition) is 12. The van der Waals surface area contributed by atoms with E-state index in [1.54, 1.807) is 45.0 Å². The van der Waals surface area contributed by atoms with Gasteiger partial charge in [0.1, 0.15) is 52.8 Å². The van der Waals surface area contributed by atoms with Crippen molar-refractivity contribution in [2.24, 2.45) is 0 Å². The number of carbonyl (C=O) groups excluding carboxylic acids is 3. The summed E-state index contributed by atoms with van der Waals surface area (Å²) >= 11 is 1.24. The van der Waals surface area contributed by atoms with Gasteiger partial charge in [0.2, 0.25) is 12.2 Å². The lowest BCUT2D eigenvalue weighted by atomic mass is 9.95. The largest absolute Gasteiger partial charge is 0.479 e. The van der Waals surface area contributed by atoms with Crippen LogP contribution in [0.4, 0.5) is 0 Å². The highest BCUT2D eigenvalue weighted by Gasteiger charge is 2.65. The van der Waals surface area contributed by atoms with Crippen LogP contribution in [0.15, 0.2) is 34.9 Å². The number of esters is 1. The molecule has 8 atom stereocenters. The van der Waals surface area contributed by atoms with Crippen molar-refractivity contribution in [2.45, 2.75) is 73.7 Å². The minimum atomic E-state index is -1.96. The molecule has 0 aliphatic carbocycles. The Bertz CT molecular complexity index is 1350. The number of rotatable bonds is 6. The number of aliphatic carboxylic acids is 1. The van der Waals surface area contributed by atoms with Gasteiger partial charge in [0.05, 0.1) is 0 Å². The van der Waals surface area contributed by atoms with Crippen LogP contribution in [0.5, 0.6) is 0 Å². The molecule has 0 bridgehead atoms. The van der Waals surface area contributed by atoms with Crippen LogP contribution in [0.3, 0.4) is 0 Å². The Hall–Kier alpha value is -3.50.